The van der Waals surface area contributed by atoms with Gasteiger partial charge in [0.2, 0.25) is 5.90 Å². The van der Waals surface area contributed by atoms with Crippen LogP contribution in [-0.4, -0.2) is 29.5 Å². The second kappa shape index (κ2) is 7.19. The van der Waals surface area contributed by atoms with Crippen molar-refractivity contribution in [1.82, 2.24) is 0 Å². The molecule has 3 rings (SSSR count). The van der Waals surface area contributed by atoms with E-state index in [2.05, 4.69) is 4.99 Å². The number of carboxylic acid groups (broad SMARTS) is 1. The number of hydrogen-bond donors (Lipinski definition) is 1. The maximum absolute atomic E-state index is 12.0. The van der Waals surface area contributed by atoms with Gasteiger partial charge >= 0.3 is 11.9 Å². The van der Waals surface area contributed by atoms with Crippen LogP contribution < -0.4 is 4.74 Å². The molecule has 0 aromatic heterocycles. The summed E-state index contributed by atoms with van der Waals surface area (Å²) in [5.41, 5.74) is 1.53. The summed E-state index contributed by atoms with van der Waals surface area (Å²) in [5, 5.41) is 9.15. The normalized spacial score (nSPS) is 15.0. The monoisotopic (exact) mass is 357 g/mol. The minimum atomic E-state index is -1.05. The Labute approximate surface area is 148 Å². The third-order valence-electron chi connectivity index (χ3n) is 3.26. The molecule has 0 saturated carbocycles. The molecular weight excluding hydrogens is 346 g/mol. The van der Waals surface area contributed by atoms with Crippen molar-refractivity contribution in [2.45, 2.75) is 0 Å². The van der Waals surface area contributed by atoms with Gasteiger partial charge in [-0.15, -0.1) is 0 Å². The van der Waals surface area contributed by atoms with Crippen molar-refractivity contribution >= 4 is 35.5 Å². The Hall–Kier alpha value is -3.12. The number of aliphatic imine (C=N–C) groups is 1. The molecular formula is C18H12ClNO5. The maximum atomic E-state index is 12.0. The standard InChI is InChI=1S/C18H12ClNO5/c19-13-5-3-12(4-6-13)17-20-15(18(23)25-17)9-11-1-7-14(8-2-11)24-10-16(21)22/h1-9H,10H2,(H,21,22)/b15-9+. The molecule has 2 aromatic rings. The quantitative estimate of drug-likeness (QED) is 0.656. The molecule has 1 aliphatic heterocycles. The lowest BCUT2D eigenvalue weighted by atomic mass is 10.2. The fraction of sp³-hybridized carbons (Fsp3) is 0.0556. The zero-order chi connectivity index (χ0) is 17.8. The molecule has 1 aliphatic rings. The van der Waals surface area contributed by atoms with Gasteiger partial charge in [-0.25, -0.2) is 14.6 Å². The molecule has 0 bridgehead atoms. The molecule has 1 N–H and O–H groups in total. The van der Waals surface area contributed by atoms with Crippen LogP contribution in [0.25, 0.3) is 6.08 Å². The van der Waals surface area contributed by atoms with Gasteiger partial charge in [0.05, 0.1) is 0 Å². The molecule has 0 radical (unpaired) electrons. The lowest BCUT2D eigenvalue weighted by Gasteiger charge is -2.02. The molecule has 25 heavy (non-hydrogen) atoms. The molecule has 2 aromatic carbocycles. The lowest BCUT2D eigenvalue weighted by molar-refractivity contribution is -0.139. The van der Waals surface area contributed by atoms with E-state index < -0.39 is 18.5 Å². The summed E-state index contributed by atoms with van der Waals surface area (Å²) in [6.07, 6.45) is 1.58. The maximum Gasteiger partial charge on any atom is 0.363 e. The molecule has 6 nitrogen and oxygen atoms in total. The molecule has 0 atom stereocenters. The molecule has 0 amide bonds. The van der Waals surface area contributed by atoms with E-state index in [1.54, 1.807) is 54.6 Å². The molecule has 0 fully saturated rings. The Morgan fingerprint density at radius 2 is 1.84 bits per heavy atom. The molecule has 0 aliphatic carbocycles. The first kappa shape index (κ1) is 16.7. The van der Waals surface area contributed by atoms with E-state index in [1.807, 2.05) is 0 Å². The van der Waals surface area contributed by atoms with Crippen LogP contribution in [0.3, 0.4) is 0 Å². The van der Waals surface area contributed by atoms with Crippen LogP contribution >= 0.6 is 11.6 Å². The van der Waals surface area contributed by atoms with Crippen LogP contribution in [0.5, 0.6) is 5.75 Å². The van der Waals surface area contributed by atoms with Crippen molar-refractivity contribution in [2.75, 3.05) is 6.61 Å². The third-order valence-corrected chi connectivity index (χ3v) is 3.51. The van der Waals surface area contributed by atoms with E-state index in [1.165, 1.54) is 0 Å². The zero-order valence-corrected chi connectivity index (χ0v) is 13.6. The fourth-order valence-electron chi connectivity index (χ4n) is 2.09. The van der Waals surface area contributed by atoms with E-state index in [-0.39, 0.29) is 11.6 Å². The van der Waals surface area contributed by atoms with Crippen LogP contribution in [0.15, 0.2) is 59.2 Å². The van der Waals surface area contributed by atoms with E-state index in [0.29, 0.717) is 21.9 Å². The minimum absolute atomic E-state index is 0.171. The highest BCUT2D eigenvalue weighted by Crippen LogP contribution is 2.21. The first-order chi connectivity index (χ1) is 12.0. The number of hydrogen-bond acceptors (Lipinski definition) is 5. The van der Waals surface area contributed by atoms with Gasteiger partial charge in [-0.1, -0.05) is 23.7 Å². The first-order valence-electron chi connectivity index (χ1n) is 7.24. The van der Waals surface area contributed by atoms with E-state index >= 15 is 0 Å². The van der Waals surface area contributed by atoms with Gasteiger partial charge in [-0.2, -0.15) is 0 Å². The van der Waals surface area contributed by atoms with Crippen LogP contribution in [-0.2, 0) is 14.3 Å². The summed E-state index contributed by atoms with van der Waals surface area (Å²) in [6.45, 7) is -0.415. The van der Waals surface area contributed by atoms with Gasteiger partial charge < -0.3 is 14.6 Å². The molecule has 126 valence electrons. The van der Waals surface area contributed by atoms with E-state index in [9.17, 15) is 9.59 Å². The summed E-state index contributed by atoms with van der Waals surface area (Å²) in [6, 6.07) is 13.4. The summed E-state index contributed by atoms with van der Waals surface area (Å²) < 4.78 is 10.2. The van der Waals surface area contributed by atoms with Crippen LogP contribution in [0, 0.1) is 0 Å². The Bertz CT molecular complexity index is 869. The number of ether oxygens (including phenoxy) is 2. The molecule has 1 heterocycles. The first-order valence-corrected chi connectivity index (χ1v) is 7.62. The predicted molar refractivity (Wildman–Crippen MR) is 91.6 cm³/mol. The van der Waals surface area contributed by atoms with Gasteiger partial charge in [-0.05, 0) is 48.0 Å². The second-order valence-electron chi connectivity index (χ2n) is 5.09. The number of aliphatic carboxylic acids is 1. The number of cyclic esters (lactones) is 1. The van der Waals surface area contributed by atoms with Crippen LogP contribution in [0.1, 0.15) is 11.1 Å². The largest absolute Gasteiger partial charge is 0.482 e. The summed E-state index contributed by atoms with van der Waals surface area (Å²) in [5.74, 6) is -0.960. The number of carbonyl (C=O) groups is 2. The second-order valence-corrected chi connectivity index (χ2v) is 5.53. The van der Waals surface area contributed by atoms with Gasteiger partial charge in [0.25, 0.3) is 0 Å². The summed E-state index contributed by atoms with van der Waals surface area (Å²) in [4.78, 5) is 26.6. The minimum Gasteiger partial charge on any atom is -0.482 e. The van der Waals surface area contributed by atoms with Crippen molar-refractivity contribution in [3.8, 4) is 5.75 Å². The molecule has 0 spiro atoms. The number of benzene rings is 2. The Balaban J connectivity index is 1.77. The number of carboxylic acids is 1. The summed E-state index contributed by atoms with van der Waals surface area (Å²) in [7, 11) is 0. The topological polar surface area (TPSA) is 85.2 Å². The van der Waals surface area contributed by atoms with Gasteiger partial charge in [0.15, 0.2) is 12.3 Å². The number of esters is 1. The van der Waals surface area contributed by atoms with Crippen LogP contribution in [0.2, 0.25) is 5.02 Å². The van der Waals surface area contributed by atoms with Gasteiger partial charge in [0, 0.05) is 10.6 Å². The molecule has 7 heteroatoms. The Morgan fingerprint density at radius 3 is 2.48 bits per heavy atom. The number of halogens is 1. The molecule has 0 unspecified atom stereocenters. The highest BCUT2D eigenvalue weighted by atomic mass is 35.5. The predicted octanol–water partition coefficient (Wildman–Crippen LogP) is 3.15. The van der Waals surface area contributed by atoms with Crippen molar-refractivity contribution in [2.24, 2.45) is 4.99 Å². The van der Waals surface area contributed by atoms with Crippen molar-refractivity contribution in [1.29, 1.82) is 0 Å². The molecule has 0 saturated heterocycles. The number of rotatable bonds is 5. The average molecular weight is 358 g/mol. The summed E-state index contributed by atoms with van der Waals surface area (Å²) >= 11 is 5.83. The fourth-order valence-corrected chi connectivity index (χ4v) is 2.21. The Kier molecular flexibility index (Phi) is 4.81. The van der Waals surface area contributed by atoms with Gasteiger partial charge in [0.1, 0.15) is 5.75 Å². The highest BCUT2D eigenvalue weighted by molar-refractivity contribution is 6.30. The Morgan fingerprint density at radius 1 is 1.16 bits per heavy atom. The van der Waals surface area contributed by atoms with Crippen LogP contribution in [0.4, 0.5) is 0 Å². The highest BCUT2D eigenvalue weighted by Gasteiger charge is 2.24. The number of nitrogens with zero attached hydrogens (tertiary/aromatic N) is 1. The van der Waals surface area contributed by atoms with Crippen molar-refractivity contribution in [3.05, 3.63) is 70.4 Å². The lowest BCUT2D eigenvalue weighted by Crippen LogP contribution is -2.09. The SMILES string of the molecule is O=C(O)COc1ccc(/C=C2/N=C(c3ccc(Cl)cc3)OC2=O)cc1. The average Bonchev–Trinajstić information content (AvgIpc) is 2.95. The zero-order valence-electron chi connectivity index (χ0n) is 12.8. The van der Waals surface area contributed by atoms with E-state index in [4.69, 9.17) is 26.2 Å². The smallest absolute Gasteiger partial charge is 0.363 e. The van der Waals surface area contributed by atoms with E-state index in [0.717, 1.165) is 0 Å². The number of carbonyl (C=O) groups excluding carboxylic acids is 1. The third kappa shape index (κ3) is 4.24. The van der Waals surface area contributed by atoms with Crippen molar-refractivity contribution in [3.63, 3.8) is 0 Å². The van der Waals surface area contributed by atoms with Crippen molar-refractivity contribution < 1.29 is 24.2 Å². The van der Waals surface area contributed by atoms with Gasteiger partial charge in [-0.3, -0.25) is 0 Å².